The molecule has 3 saturated carbocycles. The highest BCUT2D eigenvalue weighted by Gasteiger charge is 2.60. The third kappa shape index (κ3) is 1.91. The van der Waals surface area contributed by atoms with Crippen LogP contribution in [0.3, 0.4) is 0 Å². The fraction of sp³-hybridized carbons (Fsp3) is 0.947. The number of hydrogen-bond donors (Lipinski definition) is 0. The minimum absolute atomic E-state index is 0.259. The quantitative estimate of drug-likeness (QED) is 0.739. The Morgan fingerprint density at radius 1 is 1.00 bits per heavy atom. The Morgan fingerprint density at radius 2 is 1.68 bits per heavy atom. The first-order chi connectivity index (χ1) is 10.5. The number of ketones is 1. The summed E-state index contributed by atoms with van der Waals surface area (Å²) in [5, 5.41) is 0. The molecule has 22 heavy (non-hydrogen) atoms. The molecule has 4 fully saturated rings. The average Bonchev–Trinajstić information content (AvgIpc) is 3.08. The van der Waals surface area contributed by atoms with Gasteiger partial charge < -0.3 is 9.47 Å². The van der Waals surface area contributed by atoms with Gasteiger partial charge in [-0.1, -0.05) is 13.8 Å². The maximum absolute atomic E-state index is 12.1. The molecule has 0 N–H and O–H groups in total. The molecule has 1 unspecified atom stereocenters. The lowest BCUT2D eigenvalue weighted by Crippen LogP contribution is -2.54. The van der Waals surface area contributed by atoms with Gasteiger partial charge in [0, 0.05) is 18.3 Å². The second-order valence-electron chi connectivity index (χ2n) is 8.56. The Kier molecular flexibility index (Phi) is 3.47. The molecule has 0 radical (unpaired) electrons. The molecule has 4 aliphatic rings. The topological polar surface area (TPSA) is 35.5 Å². The summed E-state index contributed by atoms with van der Waals surface area (Å²) in [7, 11) is 0. The molecule has 3 nitrogen and oxygen atoms in total. The van der Waals surface area contributed by atoms with Crippen LogP contribution in [0.5, 0.6) is 0 Å². The molecule has 0 aromatic rings. The summed E-state index contributed by atoms with van der Waals surface area (Å²) in [5.41, 5.74) is 0.259. The van der Waals surface area contributed by atoms with Crippen molar-refractivity contribution >= 4 is 5.78 Å². The summed E-state index contributed by atoms with van der Waals surface area (Å²) in [5.74, 6) is 3.17. The molecule has 6 atom stereocenters. The average molecular weight is 306 g/mol. The number of rotatable bonds is 1. The Labute approximate surface area is 134 Å². The smallest absolute Gasteiger partial charge is 0.171 e. The highest BCUT2D eigenvalue weighted by atomic mass is 16.7. The van der Waals surface area contributed by atoms with Crippen LogP contribution in [0.15, 0.2) is 0 Å². The van der Waals surface area contributed by atoms with Crippen molar-refractivity contribution in [2.75, 3.05) is 13.2 Å². The maximum Gasteiger partial charge on any atom is 0.171 e. The zero-order valence-corrected chi connectivity index (χ0v) is 14.3. The summed E-state index contributed by atoms with van der Waals surface area (Å²) >= 11 is 0. The number of fused-ring (bicyclic) bond motifs is 3. The molecule has 3 heteroatoms. The lowest BCUT2D eigenvalue weighted by atomic mass is 9.52. The van der Waals surface area contributed by atoms with Gasteiger partial charge in [0.25, 0.3) is 0 Å². The summed E-state index contributed by atoms with van der Waals surface area (Å²) in [4.78, 5) is 12.1. The van der Waals surface area contributed by atoms with E-state index in [9.17, 15) is 4.79 Å². The van der Waals surface area contributed by atoms with E-state index >= 15 is 0 Å². The number of hydrogen-bond acceptors (Lipinski definition) is 3. The van der Waals surface area contributed by atoms with Crippen molar-refractivity contribution in [2.24, 2.45) is 35.0 Å². The van der Waals surface area contributed by atoms with Gasteiger partial charge in [-0.3, -0.25) is 4.79 Å². The maximum atomic E-state index is 12.1. The number of carbonyl (C=O) groups is 1. The van der Waals surface area contributed by atoms with Crippen LogP contribution >= 0.6 is 0 Å². The van der Waals surface area contributed by atoms with E-state index in [1.807, 2.05) is 6.92 Å². The Balaban J connectivity index is 1.59. The fourth-order valence-electron chi connectivity index (χ4n) is 6.82. The van der Waals surface area contributed by atoms with E-state index in [1.54, 1.807) is 0 Å². The van der Waals surface area contributed by atoms with Crippen molar-refractivity contribution in [3.8, 4) is 0 Å². The van der Waals surface area contributed by atoms with Crippen LogP contribution < -0.4 is 0 Å². The molecule has 0 aromatic heterocycles. The predicted octanol–water partition coefficient (Wildman–Crippen LogP) is 3.81. The SMILES string of the molecule is CC(=O)[C@@H]1CC[C@H]2[C@@H]3CCC4(OCCO4)C(C)[C@H]3CC[C@]12C. The van der Waals surface area contributed by atoms with Gasteiger partial charge in [0.15, 0.2) is 5.79 Å². The summed E-state index contributed by atoms with van der Waals surface area (Å²) in [6.45, 7) is 8.08. The van der Waals surface area contributed by atoms with Crippen LogP contribution in [0.1, 0.15) is 59.3 Å². The molecule has 4 rings (SSSR count). The fourth-order valence-corrected chi connectivity index (χ4v) is 6.82. The van der Waals surface area contributed by atoms with E-state index in [0.717, 1.165) is 43.8 Å². The molecule has 1 heterocycles. The van der Waals surface area contributed by atoms with Crippen LogP contribution in [-0.2, 0) is 14.3 Å². The van der Waals surface area contributed by atoms with Gasteiger partial charge in [-0.05, 0) is 62.2 Å². The van der Waals surface area contributed by atoms with Gasteiger partial charge in [-0.25, -0.2) is 0 Å². The molecule has 124 valence electrons. The van der Waals surface area contributed by atoms with Crippen LogP contribution in [0, 0.1) is 35.0 Å². The number of ether oxygens (including phenoxy) is 2. The predicted molar refractivity (Wildman–Crippen MR) is 84.2 cm³/mol. The molecule has 0 bridgehead atoms. The second kappa shape index (κ2) is 5.04. The minimum atomic E-state index is -0.284. The molecule has 3 aliphatic carbocycles. The molecular weight excluding hydrogens is 276 g/mol. The van der Waals surface area contributed by atoms with Crippen LogP contribution in [-0.4, -0.2) is 24.8 Å². The van der Waals surface area contributed by atoms with E-state index in [4.69, 9.17) is 9.47 Å². The van der Waals surface area contributed by atoms with Crippen molar-refractivity contribution in [3.63, 3.8) is 0 Å². The molecule has 1 aliphatic heterocycles. The minimum Gasteiger partial charge on any atom is -0.347 e. The van der Waals surface area contributed by atoms with Gasteiger partial charge in [0.2, 0.25) is 0 Å². The Hall–Kier alpha value is -0.410. The normalized spacial score (nSPS) is 49.9. The molecule has 1 saturated heterocycles. The standard InChI is InChI=1S/C19H30O3/c1-12-14-6-8-18(3)16(13(2)20)4-5-17(18)15(14)7-9-19(12)21-10-11-22-19/h12,14-17H,4-11H2,1-3H3/t12?,14-,15-,16+,17+,18-/m1/s1. The van der Waals surface area contributed by atoms with E-state index < -0.39 is 0 Å². The molecule has 0 aromatic carbocycles. The number of carbonyl (C=O) groups excluding carboxylic acids is 1. The summed E-state index contributed by atoms with van der Waals surface area (Å²) in [6, 6.07) is 0. The zero-order valence-electron chi connectivity index (χ0n) is 14.3. The largest absolute Gasteiger partial charge is 0.347 e. The third-order valence-electron chi connectivity index (χ3n) is 7.92. The van der Waals surface area contributed by atoms with Crippen molar-refractivity contribution in [2.45, 2.75) is 65.1 Å². The van der Waals surface area contributed by atoms with Gasteiger partial charge in [0.05, 0.1) is 13.2 Å². The summed E-state index contributed by atoms with van der Waals surface area (Å²) < 4.78 is 12.1. The first-order valence-electron chi connectivity index (χ1n) is 9.26. The molecule has 1 spiro atoms. The second-order valence-corrected chi connectivity index (χ2v) is 8.56. The highest BCUT2D eigenvalue weighted by Crippen LogP contribution is 2.64. The van der Waals surface area contributed by atoms with Gasteiger partial charge in [-0.15, -0.1) is 0 Å². The zero-order chi connectivity index (χ0) is 15.5. The van der Waals surface area contributed by atoms with Crippen molar-refractivity contribution < 1.29 is 14.3 Å². The first kappa shape index (κ1) is 15.1. The van der Waals surface area contributed by atoms with Crippen molar-refractivity contribution in [3.05, 3.63) is 0 Å². The van der Waals surface area contributed by atoms with Gasteiger partial charge in [-0.2, -0.15) is 0 Å². The van der Waals surface area contributed by atoms with Gasteiger partial charge >= 0.3 is 0 Å². The lowest BCUT2D eigenvalue weighted by Gasteiger charge is -2.55. The van der Waals surface area contributed by atoms with Crippen LogP contribution in [0.2, 0.25) is 0 Å². The van der Waals surface area contributed by atoms with E-state index in [1.165, 1.54) is 25.7 Å². The Morgan fingerprint density at radius 3 is 2.36 bits per heavy atom. The van der Waals surface area contributed by atoms with E-state index in [-0.39, 0.29) is 11.2 Å². The van der Waals surface area contributed by atoms with E-state index in [2.05, 4.69) is 13.8 Å². The lowest BCUT2D eigenvalue weighted by molar-refractivity contribution is -0.242. The van der Waals surface area contributed by atoms with Crippen LogP contribution in [0.25, 0.3) is 0 Å². The molecule has 0 amide bonds. The summed E-state index contributed by atoms with van der Waals surface area (Å²) in [6.07, 6.45) is 7.10. The van der Waals surface area contributed by atoms with Crippen molar-refractivity contribution in [1.29, 1.82) is 0 Å². The molecular formula is C19H30O3. The first-order valence-corrected chi connectivity index (χ1v) is 9.26. The Bertz CT molecular complexity index is 467. The monoisotopic (exact) mass is 306 g/mol. The highest BCUT2D eigenvalue weighted by molar-refractivity contribution is 5.79. The van der Waals surface area contributed by atoms with Crippen LogP contribution in [0.4, 0.5) is 0 Å². The third-order valence-corrected chi connectivity index (χ3v) is 7.92. The number of Topliss-reactive ketones (excluding diaryl/α,β-unsaturated/α-hetero) is 1. The van der Waals surface area contributed by atoms with Crippen molar-refractivity contribution in [1.82, 2.24) is 0 Å². The van der Waals surface area contributed by atoms with Gasteiger partial charge in [0.1, 0.15) is 5.78 Å². The van der Waals surface area contributed by atoms with E-state index in [0.29, 0.717) is 17.6 Å².